The third-order valence-electron chi connectivity index (χ3n) is 4.89. The number of nitrogens with two attached hydrogens (primary N) is 1. The van der Waals surface area contributed by atoms with Crippen LogP contribution in [-0.2, 0) is 14.3 Å². The van der Waals surface area contributed by atoms with Crippen LogP contribution in [0.3, 0.4) is 0 Å². The Bertz CT molecular complexity index is 707. The molecule has 8 heteroatoms. The van der Waals surface area contributed by atoms with Crippen molar-refractivity contribution in [2.45, 2.75) is 25.7 Å². The molecule has 1 aromatic rings. The molecule has 1 saturated heterocycles. The first-order chi connectivity index (χ1) is 11.4. The number of hydrogen-bond acceptors (Lipinski definition) is 6. The molecular weight excluding hydrogens is 332 g/mol. The number of esters is 1. The van der Waals surface area contributed by atoms with Crippen LogP contribution in [0.2, 0.25) is 0 Å². The molecule has 1 aromatic heterocycles. The minimum atomic E-state index is -0.604. The maximum Gasteiger partial charge on any atom is 0.311 e. The van der Waals surface area contributed by atoms with Gasteiger partial charge in [0.15, 0.2) is 6.61 Å². The van der Waals surface area contributed by atoms with Crippen LogP contribution in [0.15, 0.2) is 11.4 Å². The third kappa shape index (κ3) is 3.06. The van der Waals surface area contributed by atoms with Crippen LogP contribution in [0.4, 0.5) is 0 Å². The second-order valence-electron chi connectivity index (χ2n) is 6.34. The van der Waals surface area contributed by atoms with E-state index in [0.29, 0.717) is 11.3 Å². The lowest BCUT2D eigenvalue weighted by molar-refractivity contribution is -0.159. The normalized spacial score (nSPS) is 21.7. The Kier molecular flexibility index (Phi) is 4.40. The number of piperidine rings is 1. The third-order valence-corrected chi connectivity index (χ3v) is 5.86. The van der Waals surface area contributed by atoms with Crippen molar-refractivity contribution < 1.29 is 23.9 Å². The second kappa shape index (κ2) is 6.35. The molecule has 2 aliphatic rings. The highest BCUT2D eigenvalue weighted by molar-refractivity contribution is 7.12. The molecule has 0 bridgehead atoms. The van der Waals surface area contributed by atoms with Crippen molar-refractivity contribution in [2.24, 2.45) is 17.1 Å². The second-order valence-corrected chi connectivity index (χ2v) is 7.26. The Morgan fingerprint density at radius 1 is 1.38 bits per heavy atom. The van der Waals surface area contributed by atoms with Gasteiger partial charge < -0.3 is 15.8 Å². The van der Waals surface area contributed by atoms with Crippen LogP contribution >= 0.6 is 11.3 Å². The highest BCUT2D eigenvalue weighted by Crippen LogP contribution is 2.51. The molecule has 1 aliphatic carbocycles. The zero-order valence-electron chi connectivity index (χ0n) is 13.0. The highest BCUT2D eigenvalue weighted by atomic mass is 32.1. The van der Waals surface area contributed by atoms with Crippen molar-refractivity contribution >= 4 is 34.9 Å². The van der Waals surface area contributed by atoms with Gasteiger partial charge in [0.05, 0.1) is 16.4 Å². The fraction of sp³-hybridized carbons (Fsp3) is 0.500. The molecule has 2 amide bonds. The molecule has 1 unspecified atom stereocenters. The Balaban J connectivity index is 1.59. The first-order valence-electron chi connectivity index (χ1n) is 7.76. The van der Waals surface area contributed by atoms with E-state index in [0.717, 1.165) is 30.6 Å². The van der Waals surface area contributed by atoms with E-state index in [2.05, 4.69) is 5.32 Å². The van der Waals surface area contributed by atoms with Crippen LogP contribution in [-0.4, -0.2) is 36.7 Å². The SMILES string of the molecule is NC(=O)c1csc(C(=O)COC(=O)C2CNC(=O)CC23CCC3)c1. The van der Waals surface area contributed by atoms with Gasteiger partial charge in [-0.3, -0.25) is 19.2 Å². The summed E-state index contributed by atoms with van der Waals surface area (Å²) >= 11 is 1.09. The minimum Gasteiger partial charge on any atom is -0.457 e. The van der Waals surface area contributed by atoms with Gasteiger partial charge in [-0.05, 0) is 24.3 Å². The Labute approximate surface area is 142 Å². The van der Waals surface area contributed by atoms with E-state index in [9.17, 15) is 19.2 Å². The van der Waals surface area contributed by atoms with Gasteiger partial charge in [-0.2, -0.15) is 0 Å². The maximum absolute atomic E-state index is 12.4. The van der Waals surface area contributed by atoms with Gasteiger partial charge in [-0.15, -0.1) is 11.3 Å². The fourth-order valence-corrected chi connectivity index (χ4v) is 4.17. The van der Waals surface area contributed by atoms with Gasteiger partial charge in [0.1, 0.15) is 0 Å². The van der Waals surface area contributed by atoms with Gasteiger partial charge in [0.25, 0.3) is 0 Å². The van der Waals surface area contributed by atoms with Gasteiger partial charge in [-0.25, -0.2) is 0 Å². The lowest BCUT2D eigenvalue weighted by Crippen LogP contribution is -2.54. The number of primary amides is 1. The number of thiophene rings is 1. The van der Waals surface area contributed by atoms with Crippen LogP contribution in [0.5, 0.6) is 0 Å². The molecule has 3 N–H and O–H groups in total. The standard InChI is InChI=1S/C16H18N2O5S/c17-14(21)9-4-12(24-8-9)11(19)7-23-15(22)10-6-18-13(20)5-16(10)2-1-3-16/h4,8,10H,1-3,5-7H2,(H2,17,21)(H,18,20). The van der Waals surface area contributed by atoms with Crippen molar-refractivity contribution in [1.82, 2.24) is 5.32 Å². The molecule has 7 nitrogen and oxygen atoms in total. The molecule has 3 rings (SSSR count). The molecule has 128 valence electrons. The van der Waals surface area contributed by atoms with Crippen molar-refractivity contribution in [2.75, 3.05) is 13.2 Å². The predicted octanol–water partition coefficient (Wildman–Crippen LogP) is 0.879. The van der Waals surface area contributed by atoms with Crippen molar-refractivity contribution in [3.05, 3.63) is 21.9 Å². The van der Waals surface area contributed by atoms with Crippen LogP contribution in [0.25, 0.3) is 0 Å². The number of ether oxygens (including phenoxy) is 1. The van der Waals surface area contributed by atoms with E-state index in [1.54, 1.807) is 0 Å². The van der Waals surface area contributed by atoms with E-state index in [4.69, 9.17) is 10.5 Å². The molecule has 0 radical (unpaired) electrons. The van der Waals surface area contributed by atoms with Crippen molar-refractivity contribution in [1.29, 1.82) is 0 Å². The topological polar surface area (TPSA) is 116 Å². The quantitative estimate of drug-likeness (QED) is 0.604. The number of amides is 2. The number of ketones is 1. The monoisotopic (exact) mass is 350 g/mol. The lowest BCUT2D eigenvalue weighted by Gasteiger charge is -2.48. The Morgan fingerprint density at radius 2 is 2.12 bits per heavy atom. The molecule has 0 aromatic carbocycles. The molecular formula is C16H18N2O5S. The van der Waals surface area contributed by atoms with Gasteiger partial charge in [-0.1, -0.05) is 6.42 Å². The molecule has 1 aliphatic heterocycles. The summed E-state index contributed by atoms with van der Waals surface area (Å²) in [5, 5.41) is 4.19. The van der Waals surface area contributed by atoms with Gasteiger partial charge >= 0.3 is 5.97 Å². The number of rotatable bonds is 5. The summed E-state index contributed by atoms with van der Waals surface area (Å²) in [5.41, 5.74) is 5.11. The van der Waals surface area contributed by atoms with E-state index < -0.39 is 17.8 Å². The summed E-state index contributed by atoms with van der Waals surface area (Å²) in [4.78, 5) is 47.4. The number of Topliss-reactive ketones (excluding diaryl/α,β-unsaturated/α-hetero) is 1. The van der Waals surface area contributed by atoms with E-state index >= 15 is 0 Å². The molecule has 2 heterocycles. The van der Waals surface area contributed by atoms with Crippen molar-refractivity contribution in [3.63, 3.8) is 0 Å². The van der Waals surface area contributed by atoms with E-state index in [-0.39, 0.29) is 35.8 Å². The summed E-state index contributed by atoms with van der Waals surface area (Å²) in [6, 6.07) is 1.40. The van der Waals surface area contributed by atoms with E-state index in [1.165, 1.54) is 11.4 Å². The number of carbonyl (C=O) groups excluding carboxylic acids is 4. The average molecular weight is 350 g/mol. The number of hydrogen-bond donors (Lipinski definition) is 2. The predicted molar refractivity (Wildman–Crippen MR) is 85.5 cm³/mol. The van der Waals surface area contributed by atoms with Crippen LogP contribution in [0, 0.1) is 11.3 Å². The largest absolute Gasteiger partial charge is 0.457 e. The van der Waals surface area contributed by atoms with Gasteiger partial charge in [0.2, 0.25) is 17.6 Å². The average Bonchev–Trinajstić information content (AvgIpc) is 3.00. The summed E-state index contributed by atoms with van der Waals surface area (Å²) < 4.78 is 5.18. The number of carbonyl (C=O) groups is 4. The first kappa shape index (κ1) is 16.6. The summed E-state index contributed by atoms with van der Waals surface area (Å²) in [5.74, 6) is -1.86. The Hall–Kier alpha value is -2.22. The molecule has 24 heavy (non-hydrogen) atoms. The summed E-state index contributed by atoms with van der Waals surface area (Å²) in [6.07, 6.45) is 3.01. The zero-order valence-corrected chi connectivity index (χ0v) is 13.8. The van der Waals surface area contributed by atoms with Crippen LogP contribution in [0.1, 0.15) is 45.7 Å². The minimum absolute atomic E-state index is 0.0348. The summed E-state index contributed by atoms with van der Waals surface area (Å²) in [6.45, 7) is -0.116. The molecule has 1 spiro atoms. The zero-order chi connectivity index (χ0) is 17.3. The summed E-state index contributed by atoms with van der Waals surface area (Å²) in [7, 11) is 0. The molecule has 2 fully saturated rings. The maximum atomic E-state index is 12.4. The van der Waals surface area contributed by atoms with E-state index in [1.807, 2.05) is 0 Å². The van der Waals surface area contributed by atoms with Crippen molar-refractivity contribution in [3.8, 4) is 0 Å². The first-order valence-corrected chi connectivity index (χ1v) is 8.64. The smallest absolute Gasteiger partial charge is 0.311 e. The highest BCUT2D eigenvalue weighted by Gasteiger charge is 2.51. The Morgan fingerprint density at radius 3 is 2.71 bits per heavy atom. The van der Waals surface area contributed by atoms with Crippen LogP contribution < -0.4 is 11.1 Å². The van der Waals surface area contributed by atoms with Gasteiger partial charge in [0, 0.05) is 18.3 Å². The lowest BCUT2D eigenvalue weighted by atomic mass is 9.58. The molecule has 1 saturated carbocycles. The molecule has 1 atom stereocenters. The number of nitrogens with one attached hydrogen (secondary N) is 1. The fourth-order valence-electron chi connectivity index (χ4n) is 3.35.